The van der Waals surface area contributed by atoms with Gasteiger partial charge in [-0.25, -0.2) is 20.4 Å². The van der Waals surface area contributed by atoms with E-state index in [1.54, 1.807) is 25.9 Å². The highest BCUT2D eigenvalue weighted by molar-refractivity contribution is 6.21. The fraction of sp³-hybridized carbons (Fsp3) is 0.800. The number of carbonyl (C=O) groups is 4. The minimum absolute atomic E-state index is 0.142. The highest BCUT2D eigenvalue weighted by Crippen LogP contribution is 2.45. The monoisotopic (exact) mass is 653 g/mol. The zero-order valence-corrected chi connectivity index (χ0v) is 27.0. The summed E-state index contributed by atoms with van der Waals surface area (Å²) < 4.78 is 5.46. The van der Waals surface area contributed by atoms with Crippen molar-refractivity contribution in [2.75, 3.05) is 6.54 Å². The molecule has 2 saturated carbocycles. The third kappa shape index (κ3) is 7.91. The molecular weight excluding hydrogens is 606 g/mol. The average molecular weight is 654 g/mol. The number of hydrogen-bond donors (Lipinski definition) is 7. The number of carboxylic acids is 1. The van der Waals surface area contributed by atoms with E-state index < -0.39 is 53.2 Å². The predicted octanol–water partition coefficient (Wildman–Crippen LogP) is 1.25. The first-order valence-corrected chi connectivity index (χ1v) is 16.6. The number of hydrogen-bond acceptors (Lipinski definition) is 10. The molecule has 0 radical (unpaired) electrons. The number of nitrogens with one attached hydrogen (secondary N) is 5. The largest absolute Gasteiger partial charge is 0.479 e. The Hall–Kier alpha value is -2.49. The van der Waals surface area contributed by atoms with Gasteiger partial charge in [0.05, 0.1) is 23.7 Å². The number of allylic oxidation sites excluding steroid dienone is 1. The van der Waals surface area contributed by atoms with Gasteiger partial charge in [0, 0.05) is 12.5 Å². The first-order valence-electron chi connectivity index (χ1n) is 16.2. The molecule has 45 heavy (non-hydrogen) atoms. The highest BCUT2D eigenvalue weighted by atomic mass is 35.5. The molecule has 14 nitrogen and oxygen atoms in total. The lowest BCUT2D eigenvalue weighted by Crippen LogP contribution is -2.56. The molecule has 3 amide bonds. The van der Waals surface area contributed by atoms with Crippen LogP contribution in [0.4, 0.5) is 4.79 Å². The van der Waals surface area contributed by atoms with Crippen LogP contribution in [-0.2, 0) is 19.1 Å². The van der Waals surface area contributed by atoms with Gasteiger partial charge in [-0.1, -0.05) is 25.0 Å². The molecule has 4 fully saturated rings. The van der Waals surface area contributed by atoms with Crippen molar-refractivity contribution >= 4 is 35.5 Å². The molecule has 2 saturated heterocycles. The summed E-state index contributed by atoms with van der Waals surface area (Å²) in [7, 11) is 0. The van der Waals surface area contributed by atoms with Crippen molar-refractivity contribution in [3.05, 3.63) is 12.2 Å². The molecule has 9 atom stereocenters. The Kier molecular flexibility index (Phi) is 10.3. The smallest absolute Gasteiger partial charge is 0.408 e. The van der Waals surface area contributed by atoms with Crippen molar-refractivity contribution in [2.24, 2.45) is 11.8 Å². The maximum Gasteiger partial charge on any atom is 0.408 e. The van der Waals surface area contributed by atoms with E-state index in [-0.39, 0.29) is 48.8 Å². The van der Waals surface area contributed by atoms with Gasteiger partial charge in [-0.2, -0.15) is 10.7 Å². The van der Waals surface area contributed by atoms with Gasteiger partial charge in [0.25, 0.3) is 0 Å². The molecule has 2 aliphatic carbocycles. The quantitative estimate of drug-likeness (QED) is 0.171. The Morgan fingerprint density at radius 2 is 1.91 bits per heavy atom. The minimum Gasteiger partial charge on any atom is -0.479 e. The number of carboxylic acid groups (broad SMARTS) is 1. The molecule has 0 aromatic carbocycles. The summed E-state index contributed by atoms with van der Waals surface area (Å²) in [5, 5.41) is 27.1. The summed E-state index contributed by atoms with van der Waals surface area (Å²) in [6.07, 6.45) is 8.39. The number of amides is 3. The van der Waals surface area contributed by atoms with Crippen molar-refractivity contribution in [3.8, 4) is 0 Å². The second-order valence-corrected chi connectivity index (χ2v) is 14.7. The Balaban J connectivity index is 1.36. The maximum atomic E-state index is 14.2. The number of fused-ring (bicyclic) bond motifs is 2. The summed E-state index contributed by atoms with van der Waals surface area (Å²) >= 11 is 6.35. The van der Waals surface area contributed by atoms with E-state index in [4.69, 9.17) is 16.3 Å². The number of alkyl carbamates (subject to hydrolysis) is 1. The molecule has 7 N–H and O–H groups in total. The molecule has 5 rings (SSSR count). The molecular formula is C30H48ClN7O7. The van der Waals surface area contributed by atoms with E-state index in [9.17, 15) is 29.4 Å². The minimum atomic E-state index is -1.41. The molecule has 5 aliphatic rings. The summed E-state index contributed by atoms with van der Waals surface area (Å²) in [5.41, 5.74) is 7.58. The number of hydrazine groups is 3. The Morgan fingerprint density at radius 1 is 1.13 bits per heavy atom. The molecule has 3 heterocycles. The average Bonchev–Trinajstić information content (AvgIpc) is 3.28. The Labute approximate surface area is 268 Å². The number of alkyl halides is 1. The van der Waals surface area contributed by atoms with Crippen molar-refractivity contribution in [1.29, 1.82) is 0 Å². The molecule has 4 unspecified atom stereocenters. The van der Waals surface area contributed by atoms with Crippen LogP contribution >= 0.6 is 11.6 Å². The van der Waals surface area contributed by atoms with Crippen molar-refractivity contribution in [1.82, 2.24) is 37.0 Å². The van der Waals surface area contributed by atoms with Crippen LogP contribution in [0.5, 0.6) is 0 Å². The summed E-state index contributed by atoms with van der Waals surface area (Å²) in [6, 6.07) is -2.24. The molecule has 252 valence electrons. The number of rotatable bonds is 4. The van der Waals surface area contributed by atoms with Gasteiger partial charge < -0.3 is 30.5 Å². The normalized spacial score (nSPS) is 39.1. The van der Waals surface area contributed by atoms with Gasteiger partial charge >= 0.3 is 12.1 Å². The third-order valence-electron chi connectivity index (χ3n) is 9.56. The van der Waals surface area contributed by atoms with Crippen LogP contribution in [0.15, 0.2) is 12.2 Å². The number of aliphatic carboxylic acids is 1. The van der Waals surface area contributed by atoms with Gasteiger partial charge in [0.15, 0.2) is 0 Å². The van der Waals surface area contributed by atoms with Gasteiger partial charge in [-0.15, -0.1) is 11.6 Å². The fourth-order valence-electron chi connectivity index (χ4n) is 6.92. The lowest BCUT2D eigenvalue weighted by Gasteiger charge is -2.33. The van der Waals surface area contributed by atoms with E-state index in [1.807, 2.05) is 12.2 Å². The van der Waals surface area contributed by atoms with E-state index in [0.29, 0.717) is 25.7 Å². The van der Waals surface area contributed by atoms with Crippen molar-refractivity contribution < 1.29 is 34.1 Å². The topological polar surface area (TPSA) is 185 Å². The van der Waals surface area contributed by atoms with Crippen LogP contribution in [-0.4, -0.2) is 97.6 Å². The third-order valence-corrected chi connectivity index (χ3v) is 10.0. The number of halogens is 1. The fourth-order valence-corrected chi connectivity index (χ4v) is 7.28. The first kappa shape index (κ1) is 33.9. The SMILES string of the molecule is CC(C)(C)OC(=O)N[C@@H]1CCCCC/C=C\[C@@H]2C[C@]2(C(=O)O)NC(=O)[C@@H]2C[C@H](N3NNC(C4CCC(O)C(Cl)C4)N3)CN2C1=O. The summed E-state index contributed by atoms with van der Waals surface area (Å²) in [6.45, 7) is 5.39. The summed E-state index contributed by atoms with van der Waals surface area (Å²) in [5.74, 6) is -2.23. The lowest BCUT2D eigenvalue weighted by atomic mass is 9.85. The van der Waals surface area contributed by atoms with Gasteiger partial charge in [-0.05, 0) is 78.1 Å². The molecule has 0 spiro atoms. The predicted molar refractivity (Wildman–Crippen MR) is 164 cm³/mol. The zero-order valence-electron chi connectivity index (χ0n) is 26.3. The molecule has 3 aliphatic heterocycles. The van der Waals surface area contributed by atoms with Gasteiger partial charge in [-0.3, -0.25) is 9.59 Å². The van der Waals surface area contributed by atoms with E-state index in [1.165, 1.54) is 4.90 Å². The van der Waals surface area contributed by atoms with Gasteiger partial charge in [0.1, 0.15) is 23.2 Å². The summed E-state index contributed by atoms with van der Waals surface area (Å²) in [4.78, 5) is 54.7. The number of aliphatic hydroxyl groups is 1. The van der Waals surface area contributed by atoms with Crippen LogP contribution in [0.25, 0.3) is 0 Å². The Morgan fingerprint density at radius 3 is 2.62 bits per heavy atom. The molecule has 0 aromatic heterocycles. The molecule has 15 heteroatoms. The van der Waals surface area contributed by atoms with E-state index >= 15 is 0 Å². The number of ether oxygens (including phenoxy) is 1. The number of nitrogens with zero attached hydrogens (tertiary/aromatic N) is 2. The van der Waals surface area contributed by atoms with Crippen LogP contribution in [0.2, 0.25) is 0 Å². The number of carbonyl (C=O) groups excluding carboxylic acids is 3. The van der Waals surface area contributed by atoms with Crippen LogP contribution in [0.1, 0.15) is 85.0 Å². The number of aliphatic hydroxyl groups excluding tert-OH is 1. The van der Waals surface area contributed by atoms with Gasteiger partial charge in [0.2, 0.25) is 11.8 Å². The van der Waals surface area contributed by atoms with E-state index in [2.05, 4.69) is 27.0 Å². The molecule has 0 aromatic rings. The lowest BCUT2D eigenvalue weighted by molar-refractivity contribution is -0.145. The van der Waals surface area contributed by atoms with Crippen molar-refractivity contribution in [2.45, 2.75) is 132 Å². The molecule has 0 bridgehead atoms. The van der Waals surface area contributed by atoms with Crippen LogP contribution < -0.4 is 27.0 Å². The van der Waals surface area contributed by atoms with Crippen molar-refractivity contribution in [3.63, 3.8) is 0 Å². The van der Waals surface area contributed by atoms with E-state index in [0.717, 1.165) is 25.7 Å². The first-order chi connectivity index (χ1) is 21.3. The van der Waals surface area contributed by atoms with Crippen LogP contribution in [0.3, 0.4) is 0 Å². The second kappa shape index (κ2) is 13.7. The Bertz CT molecular complexity index is 1170. The maximum absolute atomic E-state index is 14.2. The van der Waals surface area contributed by atoms with Crippen LogP contribution in [0, 0.1) is 11.8 Å². The zero-order chi connectivity index (χ0) is 32.5. The highest BCUT2D eigenvalue weighted by Gasteiger charge is 2.61. The standard InChI is InChI=1S/C30H48ClN7O7/c1-29(2,3)45-28(44)32-21-10-8-6-4-5-7-9-18-15-30(18,27(42)43)33-25(40)22-14-19(16-37(22)26(21)41)38-35-24(34-36-38)17-11-12-23(39)20(31)13-17/h7,9,17-24,34-36,39H,4-6,8,10-16H2,1-3H3,(H,32,44)(H,33,40)(H,42,43)/b9-7-/t17?,18-,19+,20?,21-,22+,23?,24?,30+/m1/s1. The second-order valence-electron chi connectivity index (χ2n) is 14.1.